The molecular weight excluding hydrogens is 362 g/mol. The second-order valence-corrected chi connectivity index (χ2v) is 6.94. The van der Waals surface area contributed by atoms with Crippen LogP contribution in [0.4, 0.5) is 11.6 Å². The molecule has 6 nitrogen and oxygen atoms in total. The molecule has 3 aromatic rings. The minimum Gasteiger partial charge on any atom is -0.383 e. The van der Waals surface area contributed by atoms with Crippen molar-refractivity contribution in [2.24, 2.45) is 0 Å². The van der Waals surface area contributed by atoms with Gasteiger partial charge in [0.25, 0.3) is 0 Å². The van der Waals surface area contributed by atoms with E-state index in [0.717, 1.165) is 25.5 Å². The fourth-order valence-electron chi connectivity index (χ4n) is 3.59. The van der Waals surface area contributed by atoms with Crippen LogP contribution in [-0.4, -0.2) is 35.4 Å². The Balaban J connectivity index is 0.00000171. The average Bonchev–Trinajstić information content (AvgIpc) is 2.79. The van der Waals surface area contributed by atoms with Crippen molar-refractivity contribution in [3.05, 3.63) is 89.8 Å². The third-order valence-corrected chi connectivity index (χ3v) is 5.13. The normalized spacial score (nSPS) is 16.4. The van der Waals surface area contributed by atoms with Gasteiger partial charge in [-0.3, -0.25) is 4.79 Å². The number of nitrogens with two attached hydrogens (primary N) is 1. The summed E-state index contributed by atoms with van der Waals surface area (Å²) in [5, 5.41) is 3.55. The maximum absolute atomic E-state index is 13.1. The first kappa shape index (κ1) is 18.8. The lowest BCUT2D eigenvalue weighted by Crippen LogP contribution is -2.46. The van der Waals surface area contributed by atoms with Gasteiger partial charge in [0.2, 0.25) is 5.78 Å². The molecule has 1 aliphatic rings. The molecule has 1 aliphatic heterocycles. The maximum Gasteiger partial charge on any atom is 0.215 e. The highest BCUT2D eigenvalue weighted by atomic mass is 16.1. The van der Waals surface area contributed by atoms with E-state index in [2.05, 4.69) is 33.9 Å². The molecule has 0 unspecified atom stereocenters. The highest BCUT2D eigenvalue weighted by Gasteiger charge is 2.24. The highest BCUT2D eigenvalue weighted by Crippen LogP contribution is 2.24. The molecule has 3 heterocycles. The lowest BCUT2D eigenvalue weighted by Gasteiger charge is -2.35. The Kier molecular flexibility index (Phi) is 5.35. The van der Waals surface area contributed by atoms with Gasteiger partial charge in [0.15, 0.2) is 0 Å². The standard InChI is InChI=1S/C23H23N5O.3H2/c1-2-16-10-11-20(27-21(16)22(29)18-9-6-12-26-23(18)24)28-14-13-25-19(15-28)17-7-4-3-5-8-17;;;/h2-12,19,25H,1,13-15H2,(H2,24,26);3*1H/t19-;;;/m1.../s1. The van der Waals surface area contributed by atoms with Crippen molar-refractivity contribution in [1.29, 1.82) is 0 Å². The molecule has 3 N–H and O–H groups in total. The Morgan fingerprint density at radius 2 is 2.03 bits per heavy atom. The van der Waals surface area contributed by atoms with Crippen molar-refractivity contribution in [1.82, 2.24) is 15.3 Å². The molecule has 1 atom stereocenters. The van der Waals surface area contributed by atoms with Crippen LogP contribution in [0.5, 0.6) is 0 Å². The van der Waals surface area contributed by atoms with E-state index in [1.165, 1.54) is 5.56 Å². The van der Waals surface area contributed by atoms with Crippen molar-refractivity contribution in [2.45, 2.75) is 6.04 Å². The zero-order valence-corrected chi connectivity index (χ0v) is 16.1. The van der Waals surface area contributed by atoms with E-state index in [0.29, 0.717) is 16.8 Å². The van der Waals surface area contributed by atoms with Gasteiger partial charge in [-0.2, -0.15) is 0 Å². The number of carbonyl (C=O) groups excluding carboxylic acids is 1. The summed E-state index contributed by atoms with van der Waals surface area (Å²) in [6.07, 6.45) is 3.20. The van der Waals surface area contributed by atoms with E-state index in [-0.39, 0.29) is 21.9 Å². The van der Waals surface area contributed by atoms with Gasteiger partial charge < -0.3 is 16.0 Å². The van der Waals surface area contributed by atoms with Crippen LogP contribution >= 0.6 is 0 Å². The fraction of sp³-hybridized carbons (Fsp3) is 0.174. The molecule has 0 spiro atoms. The zero-order valence-electron chi connectivity index (χ0n) is 16.1. The highest BCUT2D eigenvalue weighted by molar-refractivity contribution is 6.12. The molecule has 0 radical (unpaired) electrons. The van der Waals surface area contributed by atoms with Crippen LogP contribution in [0, 0.1) is 0 Å². The number of hydrogen-bond donors (Lipinski definition) is 2. The number of benzene rings is 1. The van der Waals surface area contributed by atoms with E-state index in [1.54, 1.807) is 24.4 Å². The summed E-state index contributed by atoms with van der Waals surface area (Å²) in [6.45, 7) is 6.24. The molecule has 0 aliphatic carbocycles. The Hall–Kier alpha value is -3.51. The van der Waals surface area contributed by atoms with E-state index in [4.69, 9.17) is 10.7 Å². The summed E-state index contributed by atoms with van der Waals surface area (Å²) in [5.74, 6) is 0.719. The number of piperazine rings is 1. The third-order valence-electron chi connectivity index (χ3n) is 5.13. The molecule has 6 heteroatoms. The number of aromatic nitrogens is 2. The third kappa shape index (κ3) is 3.88. The molecule has 1 saturated heterocycles. The molecule has 152 valence electrons. The van der Waals surface area contributed by atoms with Gasteiger partial charge >= 0.3 is 0 Å². The van der Waals surface area contributed by atoms with Crippen LogP contribution in [0.25, 0.3) is 6.08 Å². The summed E-state index contributed by atoms with van der Waals surface area (Å²) in [7, 11) is 0. The fourth-order valence-corrected chi connectivity index (χ4v) is 3.59. The molecule has 4 rings (SSSR count). The monoisotopic (exact) mass is 391 g/mol. The first-order valence-corrected chi connectivity index (χ1v) is 9.59. The number of nitrogens with one attached hydrogen (secondary N) is 1. The van der Waals surface area contributed by atoms with Gasteiger partial charge in [-0.25, -0.2) is 9.97 Å². The van der Waals surface area contributed by atoms with Crippen molar-refractivity contribution < 1.29 is 9.07 Å². The molecule has 1 fully saturated rings. The Morgan fingerprint density at radius 1 is 1.21 bits per heavy atom. The van der Waals surface area contributed by atoms with Gasteiger partial charge in [-0.05, 0) is 29.8 Å². The summed E-state index contributed by atoms with van der Waals surface area (Å²) in [5.41, 5.74) is 8.51. The lowest BCUT2D eigenvalue weighted by atomic mass is 10.0. The van der Waals surface area contributed by atoms with Crippen LogP contribution in [-0.2, 0) is 0 Å². The molecule has 0 saturated carbocycles. The average molecular weight is 392 g/mol. The quantitative estimate of drug-likeness (QED) is 0.643. The largest absolute Gasteiger partial charge is 0.383 e. The van der Waals surface area contributed by atoms with Crippen LogP contribution < -0.4 is 16.0 Å². The molecule has 2 aromatic heterocycles. The van der Waals surface area contributed by atoms with Crippen LogP contribution in [0.3, 0.4) is 0 Å². The predicted molar refractivity (Wildman–Crippen MR) is 122 cm³/mol. The smallest absolute Gasteiger partial charge is 0.215 e. The van der Waals surface area contributed by atoms with Crippen molar-refractivity contribution in [3.8, 4) is 0 Å². The van der Waals surface area contributed by atoms with Crippen molar-refractivity contribution >= 4 is 23.5 Å². The zero-order chi connectivity index (χ0) is 20.2. The number of carbonyl (C=O) groups is 1. The van der Waals surface area contributed by atoms with Crippen LogP contribution in [0.15, 0.2) is 67.4 Å². The summed E-state index contributed by atoms with van der Waals surface area (Å²) in [4.78, 5) is 24.0. The number of anilines is 2. The van der Waals surface area contributed by atoms with Crippen LogP contribution in [0.1, 0.15) is 37.5 Å². The number of nitrogen functional groups attached to an aromatic ring is 1. The minimum atomic E-state index is -0.248. The number of rotatable bonds is 5. The van der Waals surface area contributed by atoms with Gasteiger partial charge in [0, 0.05) is 41.7 Å². The molecule has 0 amide bonds. The van der Waals surface area contributed by atoms with Crippen molar-refractivity contribution in [2.75, 3.05) is 30.3 Å². The summed E-state index contributed by atoms with van der Waals surface area (Å²) >= 11 is 0. The van der Waals surface area contributed by atoms with E-state index >= 15 is 0 Å². The number of ketones is 1. The topological polar surface area (TPSA) is 84.1 Å². The second-order valence-electron chi connectivity index (χ2n) is 6.94. The summed E-state index contributed by atoms with van der Waals surface area (Å²) < 4.78 is 0. The van der Waals surface area contributed by atoms with Gasteiger partial charge in [-0.15, -0.1) is 0 Å². The van der Waals surface area contributed by atoms with E-state index < -0.39 is 0 Å². The SMILES string of the molecule is C=Cc1ccc(N2CCN[C@@H](c3ccccc3)C2)nc1C(=O)c1cccnc1N.[HH].[HH].[HH]. The first-order chi connectivity index (χ1) is 14.2. The molecule has 0 bridgehead atoms. The van der Waals surface area contributed by atoms with Gasteiger partial charge in [0.05, 0.1) is 5.56 Å². The van der Waals surface area contributed by atoms with Gasteiger partial charge in [0.1, 0.15) is 17.3 Å². The molecular formula is C23H29N5O. The number of pyridine rings is 2. The first-order valence-electron chi connectivity index (χ1n) is 9.59. The predicted octanol–water partition coefficient (Wildman–Crippen LogP) is 3.82. The Morgan fingerprint density at radius 3 is 2.79 bits per heavy atom. The lowest BCUT2D eigenvalue weighted by molar-refractivity contribution is 0.103. The van der Waals surface area contributed by atoms with E-state index in [9.17, 15) is 4.79 Å². The van der Waals surface area contributed by atoms with E-state index in [1.807, 2.05) is 30.3 Å². The summed E-state index contributed by atoms with van der Waals surface area (Å²) in [6, 6.07) is 17.7. The van der Waals surface area contributed by atoms with Gasteiger partial charge in [-0.1, -0.05) is 43.0 Å². The Bertz CT molecular complexity index is 1050. The van der Waals surface area contributed by atoms with Crippen molar-refractivity contribution in [3.63, 3.8) is 0 Å². The second kappa shape index (κ2) is 8.24. The minimum absolute atomic E-state index is 0. The van der Waals surface area contributed by atoms with Crippen LogP contribution in [0.2, 0.25) is 0 Å². The molecule has 1 aromatic carbocycles. The number of hydrogen-bond acceptors (Lipinski definition) is 6. The Labute approximate surface area is 174 Å². The maximum atomic E-state index is 13.1. The number of nitrogens with zero attached hydrogens (tertiary/aromatic N) is 3. The molecule has 29 heavy (non-hydrogen) atoms.